The molecule has 0 fully saturated rings. The molecule has 2 aromatic carbocycles. The van der Waals surface area contributed by atoms with E-state index in [1.165, 1.54) is 0 Å². The number of aromatic nitrogens is 1. The molecule has 0 spiro atoms. The van der Waals surface area contributed by atoms with Gasteiger partial charge in [-0.2, -0.15) is 4.57 Å². The Labute approximate surface area is 180 Å². The van der Waals surface area contributed by atoms with E-state index in [0.717, 1.165) is 22.5 Å². The summed E-state index contributed by atoms with van der Waals surface area (Å²) >= 11 is 6.06. The summed E-state index contributed by atoms with van der Waals surface area (Å²) in [6.45, 7) is 5.85. The summed E-state index contributed by atoms with van der Waals surface area (Å²) in [5, 5.41) is 3.66. The Morgan fingerprint density at radius 3 is 2.37 bits per heavy atom. The molecule has 5 nitrogen and oxygen atoms in total. The van der Waals surface area contributed by atoms with Crippen LogP contribution in [0.3, 0.4) is 0 Å². The molecular formula is C24H23ClN3O2+. The monoisotopic (exact) mass is 420 g/mol. The maximum atomic E-state index is 13.8. The molecule has 1 aliphatic heterocycles. The van der Waals surface area contributed by atoms with E-state index >= 15 is 0 Å². The zero-order valence-corrected chi connectivity index (χ0v) is 17.9. The van der Waals surface area contributed by atoms with Gasteiger partial charge in [-0.15, -0.1) is 0 Å². The van der Waals surface area contributed by atoms with Crippen molar-refractivity contribution in [1.29, 1.82) is 0 Å². The lowest BCUT2D eigenvalue weighted by atomic mass is 9.89. The Balaban J connectivity index is 1.87. The predicted molar refractivity (Wildman–Crippen MR) is 117 cm³/mol. The van der Waals surface area contributed by atoms with E-state index < -0.39 is 5.54 Å². The first-order valence-corrected chi connectivity index (χ1v) is 10.2. The Morgan fingerprint density at radius 2 is 1.70 bits per heavy atom. The summed E-state index contributed by atoms with van der Waals surface area (Å²) in [5.74, 6) is -0.442. The number of rotatable bonds is 3. The third kappa shape index (κ3) is 3.25. The predicted octanol–water partition coefficient (Wildman–Crippen LogP) is 4.15. The van der Waals surface area contributed by atoms with Gasteiger partial charge in [0.1, 0.15) is 0 Å². The lowest BCUT2D eigenvalue weighted by Gasteiger charge is -2.40. The molecule has 0 radical (unpaired) electrons. The molecule has 3 aromatic rings. The minimum Gasteiger partial charge on any atom is -0.323 e. The van der Waals surface area contributed by atoms with Crippen LogP contribution in [-0.4, -0.2) is 11.8 Å². The fourth-order valence-corrected chi connectivity index (χ4v) is 4.22. The van der Waals surface area contributed by atoms with Crippen LogP contribution >= 0.6 is 11.6 Å². The minimum absolute atomic E-state index is 0.158. The Kier molecular flexibility index (Phi) is 5.08. The number of pyridine rings is 1. The molecule has 0 saturated heterocycles. The molecule has 0 unspecified atom stereocenters. The van der Waals surface area contributed by atoms with Crippen molar-refractivity contribution in [3.05, 3.63) is 88.7 Å². The molecule has 1 aliphatic rings. The first kappa shape index (κ1) is 20.1. The Hall–Kier alpha value is -3.18. The van der Waals surface area contributed by atoms with Gasteiger partial charge < -0.3 is 5.32 Å². The molecule has 0 saturated carbocycles. The van der Waals surface area contributed by atoms with Crippen molar-refractivity contribution in [2.45, 2.75) is 32.9 Å². The van der Waals surface area contributed by atoms with Crippen LogP contribution in [0, 0.1) is 13.8 Å². The summed E-state index contributed by atoms with van der Waals surface area (Å²) in [5.41, 5.74) is 2.81. The average molecular weight is 421 g/mol. The molecule has 6 heteroatoms. The van der Waals surface area contributed by atoms with Crippen molar-refractivity contribution < 1.29 is 14.2 Å². The van der Waals surface area contributed by atoms with Crippen molar-refractivity contribution in [3.63, 3.8) is 0 Å². The molecule has 0 bridgehead atoms. The topological polar surface area (TPSA) is 53.3 Å². The second-order valence-electron chi connectivity index (χ2n) is 7.71. The third-order valence-corrected chi connectivity index (χ3v) is 5.94. The van der Waals surface area contributed by atoms with Gasteiger partial charge in [0.15, 0.2) is 6.20 Å². The number of nitrogens with one attached hydrogen (secondary N) is 1. The highest BCUT2D eigenvalue weighted by Crippen LogP contribution is 2.36. The van der Waals surface area contributed by atoms with E-state index in [9.17, 15) is 9.59 Å². The van der Waals surface area contributed by atoms with E-state index in [4.69, 9.17) is 11.6 Å². The summed E-state index contributed by atoms with van der Waals surface area (Å²) < 4.78 is 1.83. The molecule has 2 heterocycles. The molecule has 4 rings (SSSR count). The Bertz CT molecular complexity index is 1120. The molecule has 1 N–H and O–H groups in total. The smallest absolute Gasteiger partial charge is 0.294 e. The van der Waals surface area contributed by atoms with E-state index in [2.05, 4.69) is 5.32 Å². The van der Waals surface area contributed by atoms with Crippen LogP contribution in [0.4, 0.5) is 11.4 Å². The van der Waals surface area contributed by atoms with Crippen molar-refractivity contribution in [2.24, 2.45) is 0 Å². The number of amides is 2. The van der Waals surface area contributed by atoms with Crippen LogP contribution < -0.4 is 14.8 Å². The SMILES string of the molecule is Cc1cccc(C)c1NC(=O)[C@@]1(C)c2cccc[n+]2CC(=O)N1c1ccc(Cl)cc1. The van der Waals surface area contributed by atoms with Crippen molar-refractivity contribution >= 4 is 34.8 Å². The molecule has 2 amide bonds. The van der Waals surface area contributed by atoms with Crippen LogP contribution in [0.1, 0.15) is 23.7 Å². The first-order chi connectivity index (χ1) is 14.3. The van der Waals surface area contributed by atoms with Crippen molar-refractivity contribution in [2.75, 3.05) is 10.2 Å². The normalized spacial score (nSPS) is 18.1. The third-order valence-electron chi connectivity index (χ3n) is 5.69. The Morgan fingerprint density at radius 1 is 1.03 bits per heavy atom. The highest BCUT2D eigenvalue weighted by molar-refractivity contribution is 6.30. The van der Waals surface area contributed by atoms with Crippen LogP contribution in [-0.2, 0) is 21.7 Å². The summed E-state index contributed by atoms with van der Waals surface area (Å²) in [4.78, 5) is 28.6. The van der Waals surface area contributed by atoms with Crippen LogP contribution in [0.5, 0.6) is 0 Å². The number of fused-ring (bicyclic) bond motifs is 1. The van der Waals surface area contributed by atoms with Gasteiger partial charge in [-0.3, -0.25) is 14.5 Å². The number of anilines is 2. The van der Waals surface area contributed by atoms with Gasteiger partial charge in [0.05, 0.1) is 0 Å². The number of nitrogens with zero attached hydrogens (tertiary/aromatic N) is 2. The first-order valence-electron chi connectivity index (χ1n) is 9.77. The number of halogens is 1. The molecule has 30 heavy (non-hydrogen) atoms. The van der Waals surface area contributed by atoms with E-state index in [1.54, 1.807) is 36.1 Å². The van der Waals surface area contributed by atoms with Gasteiger partial charge in [0.2, 0.25) is 17.8 Å². The second kappa shape index (κ2) is 7.58. The van der Waals surface area contributed by atoms with Gasteiger partial charge in [-0.05, 0) is 56.2 Å². The second-order valence-corrected chi connectivity index (χ2v) is 8.15. The lowest BCUT2D eigenvalue weighted by Crippen LogP contribution is -2.67. The molecule has 0 aliphatic carbocycles. The van der Waals surface area contributed by atoms with E-state index in [0.29, 0.717) is 10.7 Å². The number of carbonyl (C=O) groups excluding carboxylic acids is 2. The molecule has 1 aromatic heterocycles. The van der Waals surface area contributed by atoms with Crippen LogP contribution in [0.2, 0.25) is 5.02 Å². The minimum atomic E-state index is -1.25. The van der Waals surface area contributed by atoms with E-state index in [1.807, 2.05) is 61.0 Å². The summed E-state index contributed by atoms with van der Waals surface area (Å²) in [6, 6.07) is 18.5. The number of benzene rings is 2. The number of hydrogen-bond donors (Lipinski definition) is 1. The van der Waals surface area contributed by atoms with Gasteiger partial charge in [0.25, 0.3) is 11.8 Å². The number of para-hydroxylation sites is 1. The van der Waals surface area contributed by atoms with Crippen LogP contribution in [0.15, 0.2) is 66.9 Å². The summed E-state index contributed by atoms with van der Waals surface area (Å²) in [6.07, 6.45) is 1.83. The average Bonchev–Trinajstić information content (AvgIpc) is 2.72. The van der Waals surface area contributed by atoms with E-state index in [-0.39, 0.29) is 18.4 Å². The van der Waals surface area contributed by atoms with Gasteiger partial charge in [-0.1, -0.05) is 35.9 Å². The lowest BCUT2D eigenvalue weighted by molar-refractivity contribution is -0.697. The van der Waals surface area contributed by atoms with Gasteiger partial charge in [-0.25, -0.2) is 0 Å². The fourth-order valence-electron chi connectivity index (χ4n) is 4.09. The number of carbonyl (C=O) groups is 2. The van der Waals surface area contributed by atoms with Crippen LogP contribution in [0.25, 0.3) is 0 Å². The fraction of sp³-hybridized carbons (Fsp3) is 0.208. The maximum absolute atomic E-state index is 13.8. The summed E-state index contributed by atoms with van der Waals surface area (Å²) in [7, 11) is 0. The molecule has 1 atom stereocenters. The number of aryl methyl sites for hydroxylation is 2. The van der Waals surface area contributed by atoms with Crippen molar-refractivity contribution in [3.8, 4) is 0 Å². The van der Waals surface area contributed by atoms with Crippen molar-refractivity contribution in [1.82, 2.24) is 0 Å². The standard InChI is InChI=1S/C24H22ClN3O2/c1-16-7-6-8-17(2)22(16)26-23(30)24(3)20-9-4-5-14-27(20)15-21(29)28(24)19-12-10-18(25)11-13-19/h4-14H,15H2,1-3H3/p+1/t24-/m1/s1. The molecular weight excluding hydrogens is 398 g/mol. The van der Waals surface area contributed by atoms with Gasteiger partial charge in [0, 0.05) is 28.5 Å². The zero-order chi connectivity index (χ0) is 21.5. The van der Waals surface area contributed by atoms with Gasteiger partial charge >= 0.3 is 0 Å². The maximum Gasteiger partial charge on any atom is 0.294 e. The highest BCUT2D eigenvalue weighted by atomic mass is 35.5. The molecule has 152 valence electrons. The highest BCUT2D eigenvalue weighted by Gasteiger charge is 2.54. The number of hydrogen-bond acceptors (Lipinski definition) is 2. The quantitative estimate of drug-likeness (QED) is 0.647. The zero-order valence-electron chi connectivity index (χ0n) is 17.1. The largest absolute Gasteiger partial charge is 0.323 e.